The number of carboxylic acids is 1. The molecular formula is C13H22N2O3. The maximum absolute atomic E-state index is 11.7. The Morgan fingerprint density at radius 3 is 2.50 bits per heavy atom. The highest BCUT2D eigenvalue weighted by molar-refractivity contribution is 5.77. The summed E-state index contributed by atoms with van der Waals surface area (Å²) in [6.45, 7) is 0.686. The molecular weight excluding hydrogens is 232 g/mol. The van der Waals surface area contributed by atoms with E-state index in [1.807, 2.05) is 0 Å². The lowest BCUT2D eigenvalue weighted by Gasteiger charge is -2.41. The maximum atomic E-state index is 11.7. The van der Waals surface area contributed by atoms with Gasteiger partial charge in [-0.3, -0.25) is 4.79 Å². The van der Waals surface area contributed by atoms with E-state index in [2.05, 4.69) is 10.6 Å². The van der Waals surface area contributed by atoms with Crippen molar-refractivity contribution in [2.24, 2.45) is 5.92 Å². The molecule has 2 fully saturated rings. The van der Waals surface area contributed by atoms with Gasteiger partial charge in [0.1, 0.15) is 0 Å². The van der Waals surface area contributed by atoms with Gasteiger partial charge in [0.15, 0.2) is 0 Å². The van der Waals surface area contributed by atoms with Crippen LogP contribution in [0.2, 0.25) is 0 Å². The van der Waals surface area contributed by atoms with Crippen molar-refractivity contribution >= 4 is 12.0 Å². The number of rotatable bonds is 7. The first-order valence-corrected chi connectivity index (χ1v) is 6.87. The summed E-state index contributed by atoms with van der Waals surface area (Å²) in [5.74, 6) is 0.0450. The number of urea groups is 1. The third kappa shape index (κ3) is 3.89. The first kappa shape index (κ1) is 13.2. The Morgan fingerprint density at radius 2 is 2.00 bits per heavy atom. The molecule has 0 radical (unpaired) electrons. The number of carbonyl (C=O) groups excluding carboxylic acids is 1. The van der Waals surface area contributed by atoms with Crippen LogP contribution < -0.4 is 10.6 Å². The quantitative estimate of drug-likeness (QED) is 0.607. The molecule has 0 heterocycles. The minimum atomic E-state index is -0.844. The second-order valence-electron chi connectivity index (χ2n) is 5.67. The lowest BCUT2D eigenvalue weighted by atomic mass is 9.74. The number of nitrogens with one attached hydrogen (secondary N) is 2. The van der Waals surface area contributed by atoms with Gasteiger partial charge in [-0.1, -0.05) is 12.8 Å². The summed E-state index contributed by atoms with van der Waals surface area (Å²) >= 11 is 0. The van der Waals surface area contributed by atoms with Gasteiger partial charge in [0.25, 0.3) is 0 Å². The maximum Gasteiger partial charge on any atom is 0.315 e. The molecule has 0 spiro atoms. The van der Waals surface area contributed by atoms with Crippen LogP contribution in [-0.2, 0) is 4.79 Å². The van der Waals surface area contributed by atoms with E-state index in [-0.39, 0.29) is 12.5 Å². The second-order valence-corrected chi connectivity index (χ2v) is 5.67. The summed E-state index contributed by atoms with van der Waals surface area (Å²) in [5, 5.41) is 14.5. The van der Waals surface area contributed by atoms with E-state index >= 15 is 0 Å². The minimum absolute atomic E-state index is 0.0303. The standard InChI is InChI=1S/C13H22N2O3/c16-11(17)9-13(6-2-7-13)15-12(18)14-8-1-3-10-4-5-10/h10H,1-9H2,(H,16,17)(H2,14,15,18). The van der Waals surface area contributed by atoms with Crippen LogP contribution >= 0.6 is 0 Å². The molecule has 18 heavy (non-hydrogen) atoms. The van der Waals surface area contributed by atoms with E-state index in [1.165, 1.54) is 19.3 Å². The predicted octanol–water partition coefficient (Wildman–Crippen LogP) is 1.87. The molecule has 0 bridgehead atoms. The van der Waals surface area contributed by atoms with Crippen molar-refractivity contribution in [3.05, 3.63) is 0 Å². The lowest BCUT2D eigenvalue weighted by Crippen LogP contribution is -2.57. The normalized spacial score (nSPS) is 20.9. The van der Waals surface area contributed by atoms with Crippen LogP contribution in [0.3, 0.4) is 0 Å². The summed E-state index contributed by atoms with van der Waals surface area (Å²) in [6, 6.07) is -0.216. The molecule has 0 aromatic heterocycles. The van der Waals surface area contributed by atoms with E-state index in [0.29, 0.717) is 6.54 Å². The van der Waals surface area contributed by atoms with Crippen LogP contribution in [0, 0.1) is 5.92 Å². The Labute approximate surface area is 107 Å². The smallest absolute Gasteiger partial charge is 0.315 e. The zero-order chi connectivity index (χ0) is 13.0. The average Bonchev–Trinajstić information content (AvgIpc) is 3.04. The number of carbonyl (C=O) groups is 2. The zero-order valence-corrected chi connectivity index (χ0v) is 10.7. The summed E-state index contributed by atoms with van der Waals surface area (Å²) < 4.78 is 0. The Morgan fingerprint density at radius 1 is 1.28 bits per heavy atom. The summed E-state index contributed by atoms with van der Waals surface area (Å²) in [5.41, 5.74) is -0.494. The van der Waals surface area contributed by atoms with Crippen LogP contribution in [0.4, 0.5) is 4.79 Å². The number of aliphatic carboxylic acids is 1. The number of carboxylic acid groups (broad SMARTS) is 1. The van der Waals surface area contributed by atoms with Crippen molar-refractivity contribution in [3.8, 4) is 0 Å². The van der Waals surface area contributed by atoms with E-state index in [0.717, 1.165) is 31.6 Å². The molecule has 2 amide bonds. The van der Waals surface area contributed by atoms with Gasteiger partial charge in [-0.15, -0.1) is 0 Å². The molecule has 0 aromatic carbocycles. The molecule has 2 rings (SSSR count). The van der Waals surface area contributed by atoms with E-state index in [9.17, 15) is 9.59 Å². The Bertz CT molecular complexity index is 322. The fourth-order valence-corrected chi connectivity index (χ4v) is 2.52. The van der Waals surface area contributed by atoms with Crippen molar-refractivity contribution in [2.45, 2.75) is 56.9 Å². The summed E-state index contributed by atoms with van der Waals surface area (Å²) in [7, 11) is 0. The fraction of sp³-hybridized carbons (Fsp3) is 0.846. The van der Waals surface area contributed by atoms with Gasteiger partial charge >= 0.3 is 12.0 Å². The highest BCUT2D eigenvalue weighted by Crippen LogP contribution is 2.35. The third-order valence-electron chi connectivity index (χ3n) is 3.95. The number of hydrogen-bond donors (Lipinski definition) is 3. The Balaban J connectivity index is 1.63. The minimum Gasteiger partial charge on any atom is -0.481 e. The van der Waals surface area contributed by atoms with Crippen molar-refractivity contribution in [2.75, 3.05) is 6.54 Å². The fourth-order valence-electron chi connectivity index (χ4n) is 2.52. The predicted molar refractivity (Wildman–Crippen MR) is 67.3 cm³/mol. The van der Waals surface area contributed by atoms with Crippen LogP contribution in [0.15, 0.2) is 0 Å². The Kier molecular flexibility index (Phi) is 4.09. The van der Waals surface area contributed by atoms with E-state index in [4.69, 9.17) is 5.11 Å². The molecule has 2 aliphatic rings. The van der Waals surface area contributed by atoms with Gasteiger partial charge in [-0.2, -0.15) is 0 Å². The van der Waals surface area contributed by atoms with E-state index in [1.54, 1.807) is 0 Å². The molecule has 5 nitrogen and oxygen atoms in total. The molecule has 5 heteroatoms. The number of hydrogen-bond acceptors (Lipinski definition) is 2. The highest BCUT2D eigenvalue weighted by Gasteiger charge is 2.40. The molecule has 0 aliphatic heterocycles. The largest absolute Gasteiger partial charge is 0.481 e. The van der Waals surface area contributed by atoms with Crippen LogP contribution in [0.1, 0.15) is 51.4 Å². The highest BCUT2D eigenvalue weighted by atomic mass is 16.4. The van der Waals surface area contributed by atoms with Gasteiger partial charge in [-0.05, 0) is 38.0 Å². The lowest BCUT2D eigenvalue weighted by molar-refractivity contribution is -0.139. The first-order valence-electron chi connectivity index (χ1n) is 6.87. The zero-order valence-electron chi connectivity index (χ0n) is 10.7. The molecule has 102 valence electrons. The van der Waals surface area contributed by atoms with Gasteiger partial charge in [0.2, 0.25) is 0 Å². The summed E-state index contributed by atoms with van der Waals surface area (Å²) in [6.07, 6.45) is 7.47. The van der Waals surface area contributed by atoms with Gasteiger partial charge in [0.05, 0.1) is 12.0 Å². The van der Waals surface area contributed by atoms with Crippen LogP contribution in [-0.4, -0.2) is 29.2 Å². The first-order chi connectivity index (χ1) is 8.60. The van der Waals surface area contributed by atoms with Gasteiger partial charge < -0.3 is 15.7 Å². The average molecular weight is 254 g/mol. The summed E-state index contributed by atoms with van der Waals surface area (Å²) in [4.78, 5) is 22.4. The molecule has 2 aliphatic carbocycles. The molecule has 2 saturated carbocycles. The monoisotopic (exact) mass is 254 g/mol. The van der Waals surface area contributed by atoms with Crippen molar-refractivity contribution in [1.82, 2.24) is 10.6 Å². The molecule has 3 N–H and O–H groups in total. The van der Waals surface area contributed by atoms with Gasteiger partial charge in [-0.25, -0.2) is 4.79 Å². The second kappa shape index (κ2) is 5.59. The molecule has 0 saturated heterocycles. The van der Waals surface area contributed by atoms with Crippen molar-refractivity contribution < 1.29 is 14.7 Å². The molecule has 0 aromatic rings. The van der Waals surface area contributed by atoms with Crippen molar-refractivity contribution in [3.63, 3.8) is 0 Å². The molecule has 0 atom stereocenters. The SMILES string of the molecule is O=C(O)CC1(NC(=O)NCCCC2CC2)CCC1. The molecule has 0 unspecified atom stereocenters. The van der Waals surface area contributed by atoms with Crippen molar-refractivity contribution in [1.29, 1.82) is 0 Å². The third-order valence-corrected chi connectivity index (χ3v) is 3.95. The van der Waals surface area contributed by atoms with Crippen LogP contribution in [0.5, 0.6) is 0 Å². The van der Waals surface area contributed by atoms with Crippen LogP contribution in [0.25, 0.3) is 0 Å². The Hall–Kier alpha value is -1.26. The van der Waals surface area contributed by atoms with Gasteiger partial charge in [0, 0.05) is 6.54 Å². The number of amides is 2. The topological polar surface area (TPSA) is 78.4 Å². The van der Waals surface area contributed by atoms with E-state index < -0.39 is 11.5 Å².